The number of piperazine rings is 1. The number of thiazole rings is 1. The molecule has 1 aliphatic rings. The Morgan fingerprint density at radius 1 is 1.00 bits per heavy atom. The first-order chi connectivity index (χ1) is 12.1. The van der Waals surface area contributed by atoms with Gasteiger partial charge < -0.3 is 9.80 Å². The number of rotatable bonds is 2. The molecule has 0 atom stereocenters. The molecular formula is C18H15Cl2N3OS. The molecule has 0 spiro atoms. The zero-order valence-corrected chi connectivity index (χ0v) is 15.6. The molecule has 4 nitrogen and oxygen atoms in total. The van der Waals surface area contributed by atoms with Gasteiger partial charge in [-0.1, -0.05) is 46.7 Å². The average molecular weight is 392 g/mol. The molecule has 1 aromatic heterocycles. The fourth-order valence-corrected chi connectivity index (χ4v) is 4.50. The Balaban J connectivity index is 1.46. The number of hydrogen-bond donors (Lipinski definition) is 0. The van der Waals surface area contributed by atoms with Crippen LogP contribution in [0.2, 0.25) is 10.0 Å². The molecule has 4 rings (SSSR count). The summed E-state index contributed by atoms with van der Waals surface area (Å²) in [5.74, 6) is -0.0339. The number of fused-ring (bicyclic) bond motifs is 1. The normalized spacial score (nSPS) is 15.0. The molecule has 1 aliphatic heterocycles. The van der Waals surface area contributed by atoms with Gasteiger partial charge in [-0.25, -0.2) is 4.98 Å². The number of aromatic nitrogens is 1. The molecule has 0 bridgehead atoms. The quantitative estimate of drug-likeness (QED) is 0.641. The van der Waals surface area contributed by atoms with Gasteiger partial charge in [-0.3, -0.25) is 4.79 Å². The van der Waals surface area contributed by atoms with Crippen LogP contribution in [0.25, 0.3) is 10.2 Å². The van der Waals surface area contributed by atoms with Crippen LogP contribution in [-0.4, -0.2) is 42.0 Å². The second-order valence-corrected chi connectivity index (χ2v) is 7.78. The first kappa shape index (κ1) is 16.6. The number of halogens is 2. The first-order valence-corrected chi connectivity index (χ1v) is 9.53. The molecule has 128 valence electrons. The lowest BCUT2D eigenvalue weighted by Gasteiger charge is -2.34. The maximum atomic E-state index is 12.7. The molecule has 25 heavy (non-hydrogen) atoms. The molecule has 7 heteroatoms. The van der Waals surface area contributed by atoms with Crippen LogP contribution in [0.15, 0.2) is 42.5 Å². The maximum absolute atomic E-state index is 12.7. The van der Waals surface area contributed by atoms with Crippen LogP contribution < -0.4 is 4.90 Å². The largest absolute Gasteiger partial charge is 0.345 e. The molecule has 2 heterocycles. The van der Waals surface area contributed by atoms with Crippen molar-refractivity contribution in [1.29, 1.82) is 0 Å². The van der Waals surface area contributed by atoms with Crippen molar-refractivity contribution in [2.75, 3.05) is 31.1 Å². The summed E-state index contributed by atoms with van der Waals surface area (Å²) in [6.07, 6.45) is 0. The van der Waals surface area contributed by atoms with Crippen molar-refractivity contribution < 1.29 is 4.79 Å². The zero-order chi connectivity index (χ0) is 17.4. The van der Waals surface area contributed by atoms with E-state index in [9.17, 15) is 4.79 Å². The van der Waals surface area contributed by atoms with Gasteiger partial charge in [0, 0.05) is 41.8 Å². The van der Waals surface area contributed by atoms with Crippen LogP contribution in [0.3, 0.4) is 0 Å². The van der Waals surface area contributed by atoms with Crippen molar-refractivity contribution in [1.82, 2.24) is 9.88 Å². The second-order valence-electron chi connectivity index (χ2n) is 5.90. The topological polar surface area (TPSA) is 36.4 Å². The second kappa shape index (κ2) is 6.83. The Hall–Kier alpha value is -1.82. The highest BCUT2D eigenvalue weighted by molar-refractivity contribution is 7.22. The lowest BCUT2D eigenvalue weighted by Crippen LogP contribution is -2.48. The SMILES string of the molecule is O=C(c1cc(Cl)cc(Cl)c1)N1CCN(c2nc3ccccc3s2)CC1. The summed E-state index contributed by atoms with van der Waals surface area (Å²) in [4.78, 5) is 21.4. The van der Waals surface area contributed by atoms with Gasteiger partial charge in [-0.15, -0.1) is 0 Å². The molecule has 2 aromatic carbocycles. The monoisotopic (exact) mass is 391 g/mol. The molecule has 0 N–H and O–H groups in total. The summed E-state index contributed by atoms with van der Waals surface area (Å²) in [5, 5.41) is 1.96. The predicted molar refractivity (Wildman–Crippen MR) is 104 cm³/mol. The number of benzene rings is 2. The van der Waals surface area contributed by atoms with E-state index in [1.807, 2.05) is 23.1 Å². The number of anilines is 1. The smallest absolute Gasteiger partial charge is 0.254 e. The van der Waals surface area contributed by atoms with Crippen LogP contribution in [0.1, 0.15) is 10.4 Å². The number of carbonyl (C=O) groups excluding carboxylic acids is 1. The number of para-hydroxylation sites is 1. The third kappa shape index (κ3) is 3.45. The Morgan fingerprint density at radius 3 is 2.36 bits per heavy atom. The van der Waals surface area contributed by atoms with Gasteiger partial charge in [0.05, 0.1) is 10.2 Å². The van der Waals surface area contributed by atoms with E-state index in [0.29, 0.717) is 28.7 Å². The van der Waals surface area contributed by atoms with Gasteiger partial charge in [-0.05, 0) is 30.3 Å². The minimum Gasteiger partial charge on any atom is -0.345 e. The minimum atomic E-state index is -0.0339. The summed E-state index contributed by atoms with van der Waals surface area (Å²) in [6.45, 7) is 2.83. The van der Waals surface area contributed by atoms with Crippen LogP contribution in [-0.2, 0) is 0 Å². The molecule has 1 fully saturated rings. The summed E-state index contributed by atoms with van der Waals surface area (Å²) in [6, 6.07) is 13.1. The Morgan fingerprint density at radius 2 is 1.68 bits per heavy atom. The molecule has 0 saturated carbocycles. The van der Waals surface area contributed by atoms with Crippen molar-refractivity contribution in [2.24, 2.45) is 0 Å². The summed E-state index contributed by atoms with van der Waals surface area (Å²) in [7, 11) is 0. The Bertz CT molecular complexity index is 882. The van der Waals surface area contributed by atoms with E-state index in [4.69, 9.17) is 28.2 Å². The predicted octanol–water partition coefficient (Wildman–Crippen LogP) is 4.57. The van der Waals surface area contributed by atoms with Crippen LogP contribution in [0.5, 0.6) is 0 Å². The molecular weight excluding hydrogens is 377 g/mol. The summed E-state index contributed by atoms with van der Waals surface area (Å²) < 4.78 is 1.18. The lowest BCUT2D eigenvalue weighted by atomic mass is 10.2. The average Bonchev–Trinajstić information content (AvgIpc) is 3.04. The highest BCUT2D eigenvalue weighted by atomic mass is 35.5. The highest BCUT2D eigenvalue weighted by Gasteiger charge is 2.24. The van der Waals surface area contributed by atoms with Gasteiger partial charge in [-0.2, -0.15) is 0 Å². The fraction of sp³-hybridized carbons (Fsp3) is 0.222. The van der Waals surface area contributed by atoms with E-state index in [0.717, 1.165) is 23.7 Å². The van der Waals surface area contributed by atoms with Crippen molar-refractivity contribution in [3.05, 3.63) is 58.1 Å². The minimum absolute atomic E-state index is 0.0339. The van der Waals surface area contributed by atoms with Gasteiger partial charge in [0.1, 0.15) is 0 Å². The molecule has 0 radical (unpaired) electrons. The Kier molecular flexibility index (Phi) is 4.54. The maximum Gasteiger partial charge on any atom is 0.254 e. The molecule has 0 aliphatic carbocycles. The molecule has 3 aromatic rings. The fourth-order valence-electron chi connectivity index (χ4n) is 2.96. The zero-order valence-electron chi connectivity index (χ0n) is 13.3. The number of carbonyl (C=O) groups is 1. The van der Waals surface area contributed by atoms with Crippen molar-refractivity contribution in [3.8, 4) is 0 Å². The number of amides is 1. The van der Waals surface area contributed by atoms with E-state index in [1.54, 1.807) is 29.5 Å². The third-order valence-electron chi connectivity index (χ3n) is 4.23. The molecule has 0 unspecified atom stereocenters. The van der Waals surface area contributed by atoms with Gasteiger partial charge in [0.15, 0.2) is 5.13 Å². The van der Waals surface area contributed by atoms with Crippen LogP contribution in [0, 0.1) is 0 Å². The van der Waals surface area contributed by atoms with E-state index < -0.39 is 0 Å². The standard InChI is InChI=1S/C18H15Cl2N3OS/c19-13-9-12(10-14(20)11-13)17(24)22-5-7-23(8-6-22)18-21-15-3-1-2-4-16(15)25-18/h1-4,9-11H,5-8H2. The third-order valence-corrected chi connectivity index (χ3v) is 5.76. The van der Waals surface area contributed by atoms with Crippen molar-refractivity contribution >= 4 is 55.8 Å². The Labute approximate surface area is 159 Å². The van der Waals surface area contributed by atoms with Gasteiger partial charge >= 0.3 is 0 Å². The van der Waals surface area contributed by atoms with Crippen LogP contribution >= 0.6 is 34.5 Å². The summed E-state index contributed by atoms with van der Waals surface area (Å²) in [5.41, 5.74) is 1.56. The number of hydrogen-bond acceptors (Lipinski definition) is 4. The molecule has 1 saturated heterocycles. The van der Waals surface area contributed by atoms with E-state index in [2.05, 4.69) is 11.0 Å². The molecule has 1 amide bonds. The lowest BCUT2D eigenvalue weighted by molar-refractivity contribution is 0.0747. The van der Waals surface area contributed by atoms with Gasteiger partial charge in [0.2, 0.25) is 0 Å². The first-order valence-electron chi connectivity index (χ1n) is 7.96. The van der Waals surface area contributed by atoms with Crippen LogP contribution in [0.4, 0.5) is 5.13 Å². The number of nitrogens with zero attached hydrogens (tertiary/aromatic N) is 3. The van der Waals surface area contributed by atoms with Gasteiger partial charge in [0.25, 0.3) is 5.91 Å². The van der Waals surface area contributed by atoms with E-state index in [1.165, 1.54) is 4.70 Å². The van der Waals surface area contributed by atoms with E-state index in [-0.39, 0.29) is 5.91 Å². The highest BCUT2D eigenvalue weighted by Crippen LogP contribution is 2.29. The van der Waals surface area contributed by atoms with Crippen molar-refractivity contribution in [2.45, 2.75) is 0 Å². The summed E-state index contributed by atoms with van der Waals surface area (Å²) >= 11 is 13.7. The van der Waals surface area contributed by atoms with Crippen molar-refractivity contribution in [3.63, 3.8) is 0 Å². The van der Waals surface area contributed by atoms with E-state index >= 15 is 0 Å².